The molecule has 0 amide bonds. The zero-order chi connectivity index (χ0) is 22.5. The van der Waals surface area contributed by atoms with Crippen LogP contribution in [0.5, 0.6) is 0 Å². The van der Waals surface area contributed by atoms with Crippen molar-refractivity contribution in [3.8, 4) is 6.07 Å². The van der Waals surface area contributed by atoms with Gasteiger partial charge in [0.25, 0.3) is 0 Å². The molecule has 0 bridgehead atoms. The summed E-state index contributed by atoms with van der Waals surface area (Å²) in [4.78, 5) is 17.1. The standard InChI is InChI=1S/C26H30N6/c1-17-20(15-27)6-5-7-21(17)18(2)29-25-22-14-24(28-16-23(22)31(4)19(3)30-25)32-12-10-26(8-9-26)11-13-32/h5-7,14,16,18H,8-13H2,1-4H3/t18-/m1/s1. The van der Waals surface area contributed by atoms with Crippen molar-refractivity contribution in [3.63, 3.8) is 0 Å². The molecule has 1 spiro atoms. The highest BCUT2D eigenvalue weighted by atomic mass is 15.2. The lowest BCUT2D eigenvalue weighted by atomic mass is 9.94. The first kappa shape index (κ1) is 20.7. The smallest absolute Gasteiger partial charge is 0.159 e. The van der Waals surface area contributed by atoms with Gasteiger partial charge >= 0.3 is 0 Å². The van der Waals surface area contributed by atoms with E-state index < -0.39 is 0 Å². The monoisotopic (exact) mass is 426 g/mol. The Morgan fingerprint density at radius 1 is 1.16 bits per heavy atom. The summed E-state index contributed by atoms with van der Waals surface area (Å²) >= 11 is 0. The molecule has 2 fully saturated rings. The summed E-state index contributed by atoms with van der Waals surface area (Å²) < 4.78 is 2.08. The average Bonchev–Trinajstić information content (AvgIpc) is 3.56. The van der Waals surface area contributed by atoms with Crippen molar-refractivity contribution < 1.29 is 0 Å². The molecule has 0 N–H and O–H groups in total. The Bertz CT molecular complexity index is 1300. The van der Waals surface area contributed by atoms with Crippen molar-refractivity contribution in [1.29, 1.82) is 5.26 Å². The molecule has 32 heavy (non-hydrogen) atoms. The molecule has 164 valence electrons. The van der Waals surface area contributed by atoms with Crippen molar-refractivity contribution in [2.24, 2.45) is 17.5 Å². The van der Waals surface area contributed by atoms with Gasteiger partial charge in [-0.05, 0) is 75.1 Å². The number of anilines is 1. The van der Waals surface area contributed by atoms with Crippen molar-refractivity contribution in [2.75, 3.05) is 18.0 Å². The molecule has 0 radical (unpaired) electrons. The summed E-state index contributed by atoms with van der Waals surface area (Å²) in [5, 5.41) is 10.4. The van der Waals surface area contributed by atoms with Crippen molar-refractivity contribution in [2.45, 2.75) is 52.5 Å². The van der Waals surface area contributed by atoms with Gasteiger partial charge in [-0.1, -0.05) is 12.1 Å². The van der Waals surface area contributed by atoms with E-state index >= 15 is 0 Å². The average molecular weight is 427 g/mol. The van der Waals surface area contributed by atoms with Crippen LogP contribution in [0.25, 0.3) is 10.9 Å². The Morgan fingerprint density at radius 3 is 2.59 bits per heavy atom. The number of nitriles is 1. The first-order chi connectivity index (χ1) is 15.4. The molecular weight excluding hydrogens is 396 g/mol. The van der Waals surface area contributed by atoms with Gasteiger partial charge in [-0.3, -0.25) is 4.99 Å². The predicted molar refractivity (Wildman–Crippen MR) is 126 cm³/mol. The normalized spacial score (nSPS) is 18.7. The highest BCUT2D eigenvalue weighted by Crippen LogP contribution is 2.53. The topological polar surface area (TPSA) is 70.1 Å². The Labute approximate surface area is 189 Å². The van der Waals surface area contributed by atoms with Crippen LogP contribution in [0.4, 0.5) is 5.82 Å². The van der Waals surface area contributed by atoms with Crippen molar-refractivity contribution in [3.05, 3.63) is 58.5 Å². The number of rotatable bonds is 3. The number of aryl methyl sites for hydroxylation is 2. The summed E-state index contributed by atoms with van der Waals surface area (Å²) in [5.74, 6) is 1.92. The minimum Gasteiger partial charge on any atom is -0.357 e. The fourth-order valence-corrected chi connectivity index (χ4v) is 4.98. The van der Waals surface area contributed by atoms with E-state index in [2.05, 4.69) is 34.6 Å². The molecule has 1 aliphatic carbocycles. The maximum absolute atomic E-state index is 9.41. The quantitative estimate of drug-likeness (QED) is 0.618. The van der Waals surface area contributed by atoms with Crippen LogP contribution in [0.3, 0.4) is 0 Å². The minimum absolute atomic E-state index is 0.104. The summed E-state index contributed by atoms with van der Waals surface area (Å²) in [5.41, 5.74) is 5.16. The van der Waals surface area contributed by atoms with Crippen LogP contribution in [0.1, 0.15) is 61.2 Å². The second kappa shape index (κ2) is 7.74. The molecule has 6 nitrogen and oxygen atoms in total. The number of piperidine rings is 1. The van der Waals surface area contributed by atoms with Gasteiger partial charge in [0.15, 0.2) is 5.49 Å². The highest BCUT2D eigenvalue weighted by Gasteiger charge is 2.44. The molecule has 2 aromatic heterocycles. The summed E-state index contributed by atoms with van der Waals surface area (Å²) in [6.07, 6.45) is 7.31. The largest absolute Gasteiger partial charge is 0.357 e. The zero-order valence-corrected chi connectivity index (χ0v) is 19.4. The molecule has 1 atom stereocenters. The van der Waals surface area contributed by atoms with Gasteiger partial charge in [-0.15, -0.1) is 0 Å². The van der Waals surface area contributed by atoms with E-state index in [1.807, 2.05) is 39.2 Å². The van der Waals surface area contributed by atoms with Crippen LogP contribution in [0.15, 0.2) is 35.5 Å². The fraction of sp³-hybridized carbons (Fsp3) is 0.462. The van der Waals surface area contributed by atoms with Gasteiger partial charge in [0.05, 0.1) is 29.4 Å². The molecule has 2 aliphatic rings. The number of hydrogen-bond acceptors (Lipinski definition) is 5. The first-order valence-corrected chi connectivity index (χ1v) is 11.5. The molecule has 1 aromatic carbocycles. The third kappa shape index (κ3) is 3.56. The molecule has 6 heteroatoms. The molecule has 1 aliphatic heterocycles. The second-order valence-electron chi connectivity index (χ2n) is 9.53. The van der Waals surface area contributed by atoms with Crippen LogP contribution < -0.4 is 10.4 Å². The van der Waals surface area contributed by atoms with Crippen LogP contribution >= 0.6 is 0 Å². The van der Waals surface area contributed by atoms with Crippen molar-refractivity contribution >= 4 is 16.7 Å². The molecular formula is C26H30N6. The lowest BCUT2D eigenvalue weighted by Crippen LogP contribution is -2.35. The Morgan fingerprint density at radius 2 is 1.91 bits per heavy atom. The Hall–Kier alpha value is -3.20. The van der Waals surface area contributed by atoms with Gasteiger partial charge < -0.3 is 9.47 Å². The number of fused-ring (bicyclic) bond motifs is 1. The lowest BCUT2D eigenvalue weighted by Gasteiger charge is -2.33. The maximum atomic E-state index is 9.41. The van der Waals surface area contributed by atoms with Crippen LogP contribution in [-0.4, -0.2) is 27.6 Å². The molecule has 1 saturated carbocycles. The fourth-order valence-electron chi connectivity index (χ4n) is 4.98. The number of nitrogens with zero attached hydrogens (tertiary/aromatic N) is 6. The molecule has 0 unspecified atom stereocenters. The highest BCUT2D eigenvalue weighted by molar-refractivity contribution is 5.80. The van der Waals surface area contributed by atoms with Crippen LogP contribution in [-0.2, 0) is 7.05 Å². The third-order valence-electron chi connectivity index (χ3n) is 7.59. The van der Waals surface area contributed by atoms with E-state index in [4.69, 9.17) is 15.0 Å². The predicted octanol–water partition coefficient (Wildman–Crippen LogP) is 4.50. The van der Waals surface area contributed by atoms with Gasteiger partial charge in [0, 0.05) is 25.5 Å². The maximum Gasteiger partial charge on any atom is 0.159 e. The van der Waals surface area contributed by atoms with E-state index in [-0.39, 0.29) is 6.04 Å². The zero-order valence-electron chi connectivity index (χ0n) is 19.4. The number of benzene rings is 1. The minimum atomic E-state index is -0.104. The summed E-state index contributed by atoms with van der Waals surface area (Å²) in [7, 11) is 2.03. The number of hydrogen-bond donors (Lipinski definition) is 0. The SMILES string of the molecule is Cc1c(C#N)cccc1[C@@H](C)N=c1nc(C)n(C)c2cnc(N3CCC4(CC3)CC4)cc12. The van der Waals surface area contributed by atoms with E-state index in [0.29, 0.717) is 11.0 Å². The van der Waals surface area contributed by atoms with Crippen LogP contribution in [0.2, 0.25) is 0 Å². The van der Waals surface area contributed by atoms with E-state index in [9.17, 15) is 5.26 Å². The number of pyridine rings is 1. The Balaban J connectivity index is 1.59. The van der Waals surface area contributed by atoms with E-state index in [1.54, 1.807) is 0 Å². The first-order valence-electron chi connectivity index (χ1n) is 11.5. The Kier molecular flexibility index (Phi) is 5.00. The van der Waals surface area contributed by atoms with Gasteiger partial charge in [-0.25, -0.2) is 9.97 Å². The van der Waals surface area contributed by atoms with Gasteiger partial charge in [-0.2, -0.15) is 5.26 Å². The lowest BCUT2D eigenvalue weighted by molar-refractivity contribution is 0.383. The van der Waals surface area contributed by atoms with E-state index in [0.717, 1.165) is 52.2 Å². The third-order valence-corrected chi connectivity index (χ3v) is 7.59. The molecule has 3 aromatic rings. The van der Waals surface area contributed by atoms with Crippen molar-refractivity contribution in [1.82, 2.24) is 14.5 Å². The number of aromatic nitrogens is 3. The van der Waals surface area contributed by atoms with Crippen LogP contribution in [0, 0.1) is 30.6 Å². The summed E-state index contributed by atoms with van der Waals surface area (Å²) in [6.45, 7) is 8.21. The molecule has 3 heterocycles. The van der Waals surface area contributed by atoms with Gasteiger partial charge in [0.2, 0.25) is 0 Å². The molecule has 1 saturated heterocycles. The van der Waals surface area contributed by atoms with E-state index in [1.165, 1.54) is 25.7 Å². The van der Waals surface area contributed by atoms with Gasteiger partial charge in [0.1, 0.15) is 11.6 Å². The second-order valence-corrected chi connectivity index (χ2v) is 9.53. The summed E-state index contributed by atoms with van der Waals surface area (Å²) in [6, 6.07) is 10.2. The molecule has 5 rings (SSSR count).